The van der Waals surface area contributed by atoms with Gasteiger partial charge in [-0.25, -0.2) is 9.79 Å². The van der Waals surface area contributed by atoms with Crippen LogP contribution in [0.4, 0.5) is 0 Å². The van der Waals surface area contributed by atoms with Gasteiger partial charge in [-0.3, -0.25) is 9.36 Å². The number of esters is 1. The molecular formula is C32H26I2N2O5S. The Morgan fingerprint density at radius 1 is 1.10 bits per heavy atom. The molecule has 0 aliphatic carbocycles. The third kappa shape index (κ3) is 6.11. The number of carbonyl (C=O) groups excluding carboxylic acids is 1. The Hall–Kier alpha value is -3.23. The van der Waals surface area contributed by atoms with Gasteiger partial charge in [-0.15, -0.1) is 0 Å². The highest BCUT2D eigenvalue weighted by Gasteiger charge is 2.35. The summed E-state index contributed by atoms with van der Waals surface area (Å²) in [6.07, 6.45) is 3.55. The number of ether oxygens (including phenoxy) is 3. The molecule has 1 unspecified atom stereocenters. The van der Waals surface area contributed by atoms with Crippen molar-refractivity contribution >= 4 is 74.3 Å². The third-order valence-corrected chi connectivity index (χ3v) is 9.03. The number of hydrogen-bond donors (Lipinski definition) is 0. The van der Waals surface area contributed by atoms with Crippen LogP contribution in [-0.2, 0) is 9.53 Å². The summed E-state index contributed by atoms with van der Waals surface area (Å²) in [5, 5.41) is 0. The van der Waals surface area contributed by atoms with Crippen LogP contribution in [0.2, 0.25) is 0 Å². The number of halogens is 2. The van der Waals surface area contributed by atoms with E-state index in [2.05, 4.69) is 51.8 Å². The zero-order chi connectivity index (χ0) is 29.8. The van der Waals surface area contributed by atoms with E-state index < -0.39 is 12.0 Å². The lowest BCUT2D eigenvalue weighted by Crippen LogP contribution is -2.40. The number of thiazole rings is 1. The van der Waals surface area contributed by atoms with E-state index in [9.17, 15) is 9.59 Å². The maximum absolute atomic E-state index is 14.1. The first kappa shape index (κ1) is 30.2. The van der Waals surface area contributed by atoms with Gasteiger partial charge < -0.3 is 14.2 Å². The Labute approximate surface area is 274 Å². The molecule has 0 saturated carbocycles. The number of fused-ring (bicyclic) bond motifs is 1. The van der Waals surface area contributed by atoms with Crippen molar-refractivity contribution in [2.45, 2.75) is 13.0 Å². The molecule has 0 fully saturated rings. The summed E-state index contributed by atoms with van der Waals surface area (Å²) in [6.45, 7) is 6.06. The second-order valence-corrected chi connectivity index (χ2v) is 12.5. The smallest absolute Gasteiger partial charge is 0.338 e. The van der Waals surface area contributed by atoms with Crippen molar-refractivity contribution in [2.24, 2.45) is 4.99 Å². The van der Waals surface area contributed by atoms with E-state index in [4.69, 9.17) is 19.2 Å². The molecule has 0 bridgehead atoms. The first-order valence-electron chi connectivity index (χ1n) is 13.0. The summed E-state index contributed by atoms with van der Waals surface area (Å²) in [5.41, 5.74) is 2.83. The average molecular weight is 804 g/mol. The van der Waals surface area contributed by atoms with Crippen molar-refractivity contribution in [3.8, 4) is 11.5 Å². The lowest BCUT2D eigenvalue weighted by Gasteiger charge is -2.26. The molecule has 0 saturated heterocycles. The van der Waals surface area contributed by atoms with Gasteiger partial charge >= 0.3 is 5.97 Å². The van der Waals surface area contributed by atoms with Crippen LogP contribution in [0.1, 0.15) is 29.7 Å². The van der Waals surface area contributed by atoms with Gasteiger partial charge in [-0.05, 0) is 93.6 Å². The van der Waals surface area contributed by atoms with E-state index in [1.54, 1.807) is 24.7 Å². The molecule has 10 heteroatoms. The lowest BCUT2D eigenvalue weighted by molar-refractivity contribution is -0.138. The monoisotopic (exact) mass is 804 g/mol. The van der Waals surface area contributed by atoms with Gasteiger partial charge in [-0.2, -0.15) is 0 Å². The Bertz CT molecular complexity index is 1860. The van der Waals surface area contributed by atoms with Gasteiger partial charge in [0.05, 0.1) is 42.7 Å². The van der Waals surface area contributed by atoms with Gasteiger partial charge in [0.25, 0.3) is 5.56 Å². The fourth-order valence-electron chi connectivity index (χ4n) is 4.66. The van der Waals surface area contributed by atoms with Crippen molar-refractivity contribution in [2.75, 3.05) is 20.3 Å². The Morgan fingerprint density at radius 3 is 2.50 bits per heavy atom. The van der Waals surface area contributed by atoms with Crippen molar-refractivity contribution in [3.63, 3.8) is 0 Å². The first-order chi connectivity index (χ1) is 20.4. The molecule has 0 amide bonds. The minimum Gasteiger partial charge on any atom is -0.497 e. The quantitative estimate of drug-likeness (QED) is 0.123. The average Bonchev–Trinajstić information content (AvgIpc) is 3.30. The molecule has 42 heavy (non-hydrogen) atoms. The van der Waals surface area contributed by atoms with Crippen molar-refractivity contribution in [1.29, 1.82) is 0 Å². The fraction of sp³-hybridized carbons (Fsp3) is 0.156. The molecule has 1 aliphatic heterocycles. The van der Waals surface area contributed by atoms with Gasteiger partial charge in [0, 0.05) is 5.56 Å². The summed E-state index contributed by atoms with van der Waals surface area (Å²) < 4.78 is 20.8. The molecule has 0 N–H and O–H groups in total. The predicted molar refractivity (Wildman–Crippen MR) is 182 cm³/mol. The van der Waals surface area contributed by atoms with E-state index in [1.165, 1.54) is 11.3 Å². The molecule has 214 valence electrons. The van der Waals surface area contributed by atoms with Crippen LogP contribution >= 0.6 is 56.5 Å². The highest BCUT2D eigenvalue weighted by atomic mass is 127. The largest absolute Gasteiger partial charge is 0.497 e. The van der Waals surface area contributed by atoms with Crippen molar-refractivity contribution in [3.05, 3.63) is 128 Å². The van der Waals surface area contributed by atoms with Gasteiger partial charge in [0.2, 0.25) is 0 Å². The standard InChI is InChI=1S/C32H26I2N2O5S/c1-4-14-41-29-23(33)15-19(16-24(29)34)17-25-30(37)36-28(21-12-9-13-22(18-21)39-3)26(31(38)40-5-2)27(35-32(36)42-25)20-10-7-6-8-11-20/h4,6-13,15-18,28H,1,5,14H2,2-3H3/b25-17-. The topological polar surface area (TPSA) is 79.1 Å². The van der Waals surface area contributed by atoms with Gasteiger partial charge in [-0.1, -0.05) is 66.5 Å². The van der Waals surface area contributed by atoms with Crippen LogP contribution in [-0.4, -0.2) is 30.9 Å². The number of rotatable bonds is 9. The SMILES string of the molecule is C=CCOc1c(I)cc(/C=c2\sc3n(c2=O)C(c2cccc(OC)c2)C(C(=O)OCC)=C(c2ccccc2)N=3)cc1I. The van der Waals surface area contributed by atoms with Crippen LogP contribution in [0.3, 0.4) is 0 Å². The maximum Gasteiger partial charge on any atom is 0.338 e. The van der Waals surface area contributed by atoms with Crippen LogP contribution in [0.25, 0.3) is 11.8 Å². The molecule has 1 aromatic heterocycles. The molecule has 1 atom stereocenters. The molecule has 3 aromatic carbocycles. The molecule has 7 nitrogen and oxygen atoms in total. The van der Waals surface area contributed by atoms with E-state index in [0.29, 0.717) is 38.5 Å². The number of aromatic nitrogens is 1. The minimum absolute atomic E-state index is 0.184. The Balaban J connectivity index is 1.77. The van der Waals surface area contributed by atoms with Gasteiger partial charge in [0.1, 0.15) is 18.1 Å². The lowest BCUT2D eigenvalue weighted by atomic mass is 9.93. The number of benzene rings is 3. The van der Waals surface area contributed by atoms with E-state index >= 15 is 0 Å². The summed E-state index contributed by atoms with van der Waals surface area (Å²) in [6, 6.07) is 20.0. The van der Waals surface area contributed by atoms with Crippen molar-refractivity contribution < 1.29 is 19.0 Å². The van der Waals surface area contributed by atoms with Crippen LogP contribution in [0.15, 0.2) is 94.7 Å². The number of methoxy groups -OCH3 is 1. The highest BCUT2D eigenvalue weighted by Crippen LogP contribution is 2.36. The third-order valence-electron chi connectivity index (χ3n) is 6.45. The molecule has 0 radical (unpaired) electrons. The summed E-state index contributed by atoms with van der Waals surface area (Å²) in [4.78, 5) is 33.1. The van der Waals surface area contributed by atoms with E-state index in [-0.39, 0.29) is 12.2 Å². The predicted octanol–water partition coefficient (Wildman–Crippen LogP) is 5.72. The van der Waals surface area contributed by atoms with Gasteiger partial charge in [0.15, 0.2) is 4.80 Å². The fourth-order valence-corrected chi connectivity index (χ4v) is 7.79. The number of carbonyl (C=O) groups is 1. The molecule has 2 heterocycles. The molecular weight excluding hydrogens is 778 g/mol. The highest BCUT2D eigenvalue weighted by molar-refractivity contribution is 14.1. The zero-order valence-electron chi connectivity index (χ0n) is 22.8. The summed E-state index contributed by atoms with van der Waals surface area (Å²) in [5.74, 6) is 0.861. The van der Waals surface area contributed by atoms with E-state index in [1.807, 2.05) is 72.8 Å². The molecule has 1 aliphatic rings. The zero-order valence-corrected chi connectivity index (χ0v) is 27.9. The van der Waals surface area contributed by atoms with Crippen LogP contribution in [0.5, 0.6) is 11.5 Å². The second-order valence-electron chi connectivity index (χ2n) is 9.12. The normalized spacial score (nSPS) is 14.7. The van der Waals surface area contributed by atoms with Crippen LogP contribution in [0, 0.1) is 7.14 Å². The number of nitrogens with zero attached hydrogens (tertiary/aromatic N) is 2. The van der Waals surface area contributed by atoms with E-state index in [0.717, 1.165) is 24.0 Å². The Kier molecular flexibility index (Phi) is 9.63. The molecule has 0 spiro atoms. The second kappa shape index (κ2) is 13.4. The molecule has 4 aromatic rings. The summed E-state index contributed by atoms with van der Waals surface area (Å²) >= 11 is 5.74. The number of hydrogen-bond acceptors (Lipinski definition) is 7. The molecule has 5 rings (SSSR count). The van der Waals surface area contributed by atoms with Crippen molar-refractivity contribution in [1.82, 2.24) is 4.57 Å². The summed E-state index contributed by atoms with van der Waals surface area (Å²) in [7, 11) is 1.58. The minimum atomic E-state index is -0.775. The first-order valence-corrected chi connectivity index (χ1v) is 16.0. The van der Waals surface area contributed by atoms with Crippen LogP contribution < -0.4 is 24.4 Å². The Morgan fingerprint density at radius 2 is 1.83 bits per heavy atom. The maximum atomic E-state index is 14.1.